The molecule has 5 rings (SSSR count). The Morgan fingerprint density at radius 3 is 2.44 bits per heavy atom. The number of carbonyl (C=O) groups excluding carboxylic acids is 2. The summed E-state index contributed by atoms with van der Waals surface area (Å²) in [4.78, 5) is 33.9. The molecule has 2 amide bonds. The lowest BCUT2D eigenvalue weighted by molar-refractivity contribution is -0.114. The summed E-state index contributed by atoms with van der Waals surface area (Å²) in [6.45, 7) is 3.97. The fourth-order valence-corrected chi connectivity index (χ4v) is 5.67. The van der Waals surface area contributed by atoms with Crippen LogP contribution in [0.5, 0.6) is 5.75 Å². The van der Waals surface area contributed by atoms with Gasteiger partial charge < -0.3 is 14.5 Å². The van der Waals surface area contributed by atoms with Crippen LogP contribution in [0.25, 0.3) is 6.08 Å². The predicted octanol–water partition coefficient (Wildman–Crippen LogP) is 4.76. The topological polar surface area (TPSA) is 53.1 Å². The lowest BCUT2D eigenvalue weighted by Gasteiger charge is -2.35. The average molecular weight is 500 g/mol. The van der Waals surface area contributed by atoms with Gasteiger partial charge in [-0.3, -0.25) is 14.5 Å². The Balaban J connectivity index is 1.29. The molecule has 0 saturated carbocycles. The Morgan fingerprint density at radius 2 is 1.69 bits per heavy atom. The largest absolute Gasteiger partial charge is 0.496 e. The van der Waals surface area contributed by atoms with Crippen LogP contribution < -0.4 is 9.64 Å². The molecule has 0 N–H and O–H groups in total. The van der Waals surface area contributed by atoms with Gasteiger partial charge in [-0.05, 0) is 35.9 Å². The average Bonchev–Trinajstić information content (AvgIpc) is 2.92. The number of hydrogen-bond acceptors (Lipinski definition) is 5. The Labute approximate surface area is 216 Å². The zero-order valence-corrected chi connectivity index (χ0v) is 21.3. The van der Waals surface area contributed by atoms with E-state index in [0.29, 0.717) is 23.6 Å². The Hall–Kier alpha value is -3.55. The first kappa shape index (κ1) is 24.2. The highest BCUT2D eigenvalue weighted by Gasteiger charge is 2.29. The molecule has 3 aromatic rings. The molecule has 2 aliphatic heterocycles. The molecule has 1 fully saturated rings. The first-order valence-corrected chi connectivity index (χ1v) is 12.9. The number of methoxy groups -OCH3 is 1. The van der Waals surface area contributed by atoms with Gasteiger partial charge >= 0.3 is 0 Å². The van der Waals surface area contributed by atoms with E-state index < -0.39 is 0 Å². The second-order valence-corrected chi connectivity index (χ2v) is 10.0. The number of amides is 2. The maximum atomic E-state index is 13.3. The maximum Gasteiger partial charge on any atom is 0.264 e. The zero-order valence-electron chi connectivity index (χ0n) is 20.5. The number of carbonyl (C=O) groups is 2. The first-order chi connectivity index (χ1) is 17.5. The van der Waals surface area contributed by atoms with Crippen LogP contribution in [0.4, 0.5) is 5.69 Å². The van der Waals surface area contributed by atoms with Crippen molar-refractivity contribution in [2.45, 2.75) is 11.4 Å². The van der Waals surface area contributed by atoms with Crippen LogP contribution >= 0.6 is 11.8 Å². The minimum absolute atomic E-state index is 0.0124. The smallest absolute Gasteiger partial charge is 0.264 e. The van der Waals surface area contributed by atoms with Crippen LogP contribution in [0.1, 0.15) is 21.5 Å². The minimum atomic E-state index is -0.0995. The number of para-hydroxylation sites is 1. The summed E-state index contributed by atoms with van der Waals surface area (Å²) in [5, 5.41) is 0. The second-order valence-electron chi connectivity index (χ2n) is 8.95. The van der Waals surface area contributed by atoms with Gasteiger partial charge in [0.2, 0.25) is 0 Å². The standard InChI is InChI=1S/C29H29N3O3S/c1-30-24-18-23(28(33)32-16-14-31(15-17-32)20-21-8-4-3-5-9-21)12-13-26(24)36-27(29(30)34)19-22-10-6-7-11-25(22)35-2/h3-13,18-19H,14-17,20H2,1-2H3. The van der Waals surface area contributed by atoms with Crippen molar-refractivity contribution >= 4 is 35.3 Å². The van der Waals surface area contributed by atoms with E-state index in [4.69, 9.17) is 4.74 Å². The van der Waals surface area contributed by atoms with Gasteiger partial charge in [-0.25, -0.2) is 0 Å². The number of nitrogens with zero attached hydrogens (tertiary/aromatic N) is 3. The van der Waals surface area contributed by atoms with Crippen molar-refractivity contribution < 1.29 is 14.3 Å². The fourth-order valence-electron chi connectivity index (χ4n) is 4.59. The van der Waals surface area contributed by atoms with Crippen molar-refractivity contribution in [3.63, 3.8) is 0 Å². The molecular formula is C29H29N3O3S. The van der Waals surface area contributed by atoms with Crippen LogP contribution in [0.15, 0.2) is 82.6 Å². The van der Waals surface area contributed by atoms with E-state index in [0.717, 1.165) is 41.5 Å². The number of thioether (sulfide) groups is 1. The van der Waals surface area contributed by atoms with Gasteiger partial charge in [0.1, 0.15) is 5.75 Å². The molecule has 2 aliphatic rings. The van der Waals surface area contributed by atoms with Gasteiger partial charge in [-0.15, -0.1) is 0 Å². The maximum absolute atomic E-state index is 13.3. The number of ether oxygens (including phenoxy) is 1. The van der Waals surface area contributed by atoms with Crippen molar-refractivity contribution in [2.24, 2.45) is 0 Å². The van der Waals surface area contributed by atoms with Gasteiger partial charge in [-0.1, -0.05) is 60.3 Å². The number of hydrogen-bond donors (Lipinski definition) is 0. The Morgan fingerprint density at radius 1 is 0.972 bits per heavy atom. The van der Waals surface area contributed by atoms with Gasteiger partial charge in [0, 0.05) is 55.8 Å². The highest BCUT2D eigenvalue weighted by Crippen LogP contribution is 2.42. The summed E-state index contributed by atoms with van der Waals surface area (Å²) in [5.41, 5.74) is 3.51. The van der Waals surface area contributed by atoms with Crippen LogP contribution in [-0.4, -0.2) is 62.0 Å². The van der Waals surface area contributed by atoms with E-state index in [2.05, 4.69) is 29.2 Å². The molecular weight excluding hydrogens is 470 g/mol. The van der Waals surface area contributed by atoms with E-state index in [1.807, 2.05) is 59.5 Å². The Kier molecular flexibility index (Phi) is 7.11. The Bertz CT molecular complexity index is 1300. The number of rotatable bonds is 5. The highest BCUT2D eigenvalue weighted by molar-refractivity contribution is 8.04. The van der Waals surface area contributed by atoms with Gasteiger partial charge in [0.15, 0.2) is 0 Å². The monoisotopic (exact) mass is 499 g/mol. The lowest BCUT2D eigenvalue weighted by atomic mass is 10.1. The quantitative estimate of drug-likeness (QED) is 0.474. The summed E-state index contributed by atoms with van der Waals surface area (Å²) in [7, 11) is 3.38. The highest BCUT2D eigenvalue weighted by atomic mass is 32.2. The molecule has 0 spiro atoms. The summed E-state index contributed by atoms with van der Waals surface area (Å²) in [6, 6.07) is 23.7. The van der Waals surface area contributed by atoms with Crippen molar-refractivity contribution in [2.75, 3.05) is 45.2 Å². The molecule has 7 heteroatoms. The molecule has 2 heterocycles. The SMILES string of the molecule is COc1ccccc1C=C1Sc2ccc(C(=O)N3CCN(Cc4ccccc4)CC3)cc2N(C)C1=O. The minimum Gasteiger partial charge on any atom is -0.496 e. The summed E-state index contributed by atoms with van der Waals surface area (Å²) in [6.07, 6.45) is 1.86. The van der Waals surface area contributed by atoms with Crippen molar-refractivity contribution in [1.29, 1.82) is 0 Å². The van der Waals surface area contributed by atoms with Crippen molar-refractivity contribution in [1.82, 2.24) is 9.80 Å². The molecule has 3 aromatic carbocycles. The zero-order chi connectivity index (χ0) is 25.1. The molecule has 0 atom stereocenters. The van der Waals surface area contributed by atoms with E-state index in [1.165, 1.54) is 17.3 Å². The predicted molar refractivity (Wildman–Crippen MR) is 144 cm³/mol. The third kappa shape index (κ3) is 5.03. The number of likely N-dealkylation sites (N-methyl/N-ethyl adjacent to an activating group) is 1. The van der Waals surface area contributed by atoms with Crippen molar-refractivity contribution in [3.05, 3.63) is 94.4 Å². The van der Waals surface area contributed by atoms with Crippen LogP contribution in [-0.2, 0) is 11.3 Å². The summed E-state index contributed by atoms with van der Waals surface area (Å²) in [5.74, 6) is 0.632. The van der Waals surface area contributed by atoms with Crippen LogP contribution in [0.2, 0.25) is 0 Å². The first-order valence-electron chi connectivity index (χ1n) is 12.0. The van der Waals surface area contributed by atoms with Gasteiger partial charge in [-0.2, -0.15) is 0 Å². The van der Waals surface area contributed by atoms with E-state index in [9.17, 15) is 9.59 Å². The van der Waals surface area contributed by atoms with Crippen LogP contribution in [0, 0.1) is 0 Å². The molecule has 0 unspecified atom stereocenters. The number of fused-ring (bicyclic) bond motifs is 1. The normalized spacial score (nSPS) is 17.3. The molecule has 0 radical (unpaired) electrons. The van der Waals surface area contributed by atoms with E-state index in [-0.39, 0.29) is 11.8 Å². The van der Waals surface area contributed by atoms with Gasteiger partial charge in [0.25, 0.3) is 11.8 Å². The molecule has 1 saturated heterocycles. The fraction of sp³-hybridized carbons (Fsp3) is 0.241. The number of anilines is 1. The number of benzene rings is 3. The third-order valence-corrected chi connectivity index (χ3v) is 7.71. The van der Waals surface area contributed by atoms with E-state index in [1.54, 1.807) is 19.1 Å². The third-order valence-electron chi connectivity index (χ3n) is 6.64. The van der Waals surface area contributed by atoms with Gasteiger partial charge in [0.05, 0.1) is 17.7 Å². The molecule has 0 aliphatic carbocycles. The molecule has 6 nitrogen and oxygen atoms in total. The molecule has 36 heavy (non-hydrogen) atoms. The molecule has 0 aromatic heterocycles. The summed E-state index contributed by atoms with van der Waals surface area (Å²) < 4.78 is 5.43. The molecule has 184 valence electrons. The second kappa shape index (κ2) is 10.6. The summed E-state index contributed by atoms with van der Waals surface area (Å²) >= 11 is 1.42. The van der Waals surface area contributed by atoms with Crippen LogP contribution in [0.3, 0.4) is 0 Å². The number of piperazine rings is 1. The molecule has 0 bridgehead atoms. The lowest BCUT2D eigenvalue weighted by Crippen LogP contribution is -2.48. The van der Waals surface area contributed by atoms with Crippen molar-refractivity contribution in [3.8, 4) is 5.75 Å². The van der Waals surface area contributed by atoms with E-state index >= 15 is 0 Å².